The average molecular weight is 486 g/mol. The maximum absolute atomic E-state index is 6.46. The van der Waals surface area contributed by atoms with Gasteiger partial charge in [-0.05, 0) is 57.1 Å². The van der Waals surface area contributed by atoms with Crippen molar-refractivity contribution in [1.29, 1.82) is 0 Å². The largest absolute Gasteiger partial charge is 0.493 e. The molecule has 0 saturated heterocycles. The number of ether oxygens (including phenoxy) is 1. The molecule has 0 unspecified atom stereocenters. The lowest BCUT2D eigenvalue weighted by Crippen LogP contribution is -2.29. The molecule has 0 fully saturated rings. The molecule has 8 nitrogen and oxygen atoms in total. The van der Waals surface area contributed by atoms with Gasteiger partial charge in [-0.15, -0.1) is 0 Å². The number of aryl methyl sites for hydroxylation is 3. The number of likely N-dealkylation sites (N-methyl/N-ethyl adjacent to an activating group) is 2. The van der Waals surface area contributed by atoms with Crippen LogP contribution in [0, 0.1) is 6.92 Å². The number of para-hydroxylation sites is 1. The van der Waals surface area contributed by atoms with E-state index in [1.807, 2.05) is 6.07 Å². The van der Waals surface area contributed by atoms with Crippen molar-refractivity contribution in [3.63, 3.8) is 0 Å². The van der Waals surface area contributed by atoms with Crippen molar-refractivity contribution in [3.8, 4) is 17.0 Å². The molecule has 188 valence electrons. The number of nitrogens with zero attached hydrogens (tertiary/aromatic N) is 5. The predicted octanol–water partition coefficient (Wildman–Crippen LogP) is 4.69. The van der Waals surface area contributed by atoms with E-state index in [1.54, 1.807) is 13.3 Å². The molecular weight excluding hydrogens is 450 g/mol. The molecule has 0 aliphatic carbocycles. The van der Waals surface area contributed by atoms with Gasteiger partial charge < -0.3 is 30.2 Å². The van der Waals surface area contributed by atoms with Crippen LogP contribution in [0.3, 0.4) is 0 Å². The smallest absolute Gasteiger partial charge is 0.227 e. The Hall–Kier alpha value is -3.78. The summed E-state index contributed by atoms with van der Waals surface area (Å²) in [6.45, 7) is 4.93. The minimum atomic E-state index is 0.508. The minimum Gasteiger partial charge on any atom is -0.493 e. The summed E-state index contributed by atoms with van der Waals surface area (Å²) < 4.78 is 8.02. The van der Waals surface area contributed by atoms with Crippen molar-refractivity contribution < 1.29 is 4.74 Å². The number of aromatic nitrogens is 3. The number of hydrogen-bond acceptors (Lipinski definition) is 7. The van der Waals surface area contributed by atoms with Gasteiger partial charge in [0.05, 0.1) is 30.2 Å². The first-order valence-corrected chi connectivity index (χ1v) is 12.4. The SMILES string of the molecule is COc1cnc(Nc2cc(N)c(N(C)CCN(C)C)cc2C)nc1-c1cn2c3c(cccc13)CCC2. The lowest BCUT2D eigenvalue weighted by Gasteiger charge is -2.24. The van der Waals surface area contributed by atoms with Crippen molar-refractivity contribution in [2.75, 3.05) is 57.3 Å². The number of rotatable bonds is 8. The van der Waals surface area contributed by atoms with Crippen molar-refractivity contribution in [2.45, 2.75) is 26.3 Å². The van der Waals surface area contributed by atoms with Gasteiger partial charge in [-0.2, -0.15) is 0 Å². The summed E-state index contributed by atoms with van der Waals surface area (Å²) in [4.78, 5) is 13.8. The van der Waals surface area contributed by atoms with E-state index in [2.05, 4.69) is 83.2 Å². The molecule has 36 heavy (non-hydrogen) atoms. The Morgan fingerprint density at radius 2 is 2.00 bits per heavy atom. The van der Waals surface area contributed by atoms with E-state index in [1.165, 1.54) is 16.5 Å². The van der Waals surface area contributed by atoms with Gasteiger partial charge in [-0.3, -0.25) is 0 Å². The summed E-state index contributed by atoms with van der Waals surface area (Å²) in [5.41, 5.74) is 14.7. The Kier molecular flexibility index (Phi) is 6.45. The van der Waals surface area contributed by atoms with Crippen LogP contribution < -0.4 is 20.7 Å². The highest BCUT2D eigenvalue weighted by atomic mass is 16.5. The average Bonchev–Trinajstić information content (AvgIpc) is 3.25. The first-order chi connectivity index (χ1) is 17.4. The molecule has 8 heteroatoms. The van der Waals surface area contributed by atoms with Gasteiger partial charge in [0.15, 0.2) is 5.75 Å². The molecule has 1 aliphatic heterocycles. The molecule has 0 spiro atoms. The van der Waals surface area contributed by atoms with E-state index in [-0.39, 0.29) is 0 Å². The van der Waals surface area contributed by atoms with Crippen molar-refractivity contribution in [1.82, 2.24) is 19.4 Å². The lowest BCUT2D eigenvalue weighted by atomic mass is 10.0. The van der Waals surface area contributed by atoms with Crippen molar-refractivity contribution >= 4 is 33.9 Å². The molecule has 4 aromatic rings. The third-order valence-electron chi connectivity index (χ3n) is 6.97. The Labute approximate surface area is 212 Å². The monoisotopic (exact) mass is 485 g/mol. The minimum absolute atomic E-state index is 0.508. The van der Waals surface area contributed by atoms with Crippen LogP contribution in [0.2, 0.25) is 0 Å². The van der Waals surface area contributed by atoms with Crippen LogP contribution in [-0.4, -0.2) is 60.8 Å². The third-order valence-corrected chi connectivity index (χ3v) is 6.97. The quantitative estimate of drug-likeness (QED) is 0.350. The van der Waals surface area contributed by atoms with Gasteiger partial charge in [-0.25, -0.2) is 9.97 Å². The lowest BCUT2D eigenvalue weighted by molar-refractivity contribution is 0.413. The van der Waals surface area contributed by atoms with Gasteiger partial charge >= 0.3 is 0 Å². The van der Waals surface area contributed by atoms with Gasteiger partial charge in [-0.1, -0.05) is 18.2 Å². The second-order valence-corrected chi connectivity index (χ2v) is 9.84. The number of nitrogen functional groups attached to an aromatic ring is 1. The first kappa shape index (κ1) is 23.9. The summed E-state index contributed by atoms with van der Waals surface area (Å²) in [7, 11) is 7.87. The van der Waals surface area contributed by atoms with Crippen LogP contribution in [0.15, 0.2) is 42.7 Å². The number of hydrogen-bond donors (Lipinski definition) is 2. The molecule has 0 amide bonds. The Bertz CT molecular complexity index is 1410. The fourth-order valence-electron chi connectivity index (χ4n) is 4.98. The highest BCUT2D eigenvalue weighted by Gasteiger charge is 2.21. The van der Waals surface area contributed by atoms with E-state index >= 15 is 0 Å². The maximum atomic E-state index is 6.46. The Balaban J connectivity index is 1.49. The van der Waals surface area contributed by atoms with Crippen molar-refractivity contribution in [2.24, 2.45) is 0 Å². The van der Waals surface area contributed by atoms with Crippen LogP contribution >= 0.6 is 0 Å². The summed E-state index contributed by atoms with van der Waals surface area (Å²) >= 11 is 0. The Morgan fingerprint density at radius 1 is 1.17 bits per heavy atom. The van der Waals surface area contributed by atoms with Crippen LogP contribution in [0.5, 0.6) is 5.75 Å². The number of nitrogens with one attached hydrogen (secondary N) is 1. The molecule has 2 aromatic heterocycles. The topological polar surface area (TPSA) is 84.5 Å². The fourth-order valence-corrected chi connectivity index (χ4v) is 4.98. The van der Waals surface area contributed by atoms with E-state index < -0.39 is 0 Å². The molecule has 0 atom stereocenters. The first-order valence-electron chi connectivity index (χ1n) is 12.4. The zero-order valence-electron chi connectivity index (χ0n) is 21.8. The van der Waals surface area contributed by atoms with Crippen LogP contribution in [-0.2, 0) is 13.0 Å². The molecule has 0 radical (unpaired) electrons. The molecule has 3 N–H and O–H groups in total. The normalized spacial score (nSPS) is 12.8. The number of benzene rings is 2. The molecule has 1 aliphatic rings. The third kappa shape index (κ3) is 4.44. The fraction of sp³-hybridized carbons (Fsp3) is 0.357. The zero-order chi connectivity index (χ0) is 25.4. The van der Waals surface area contributed by atoms with Gasteiger partial charge in [0.25, 0.3) is 0 Å². The van der Waals surface area contributed by atoms with E-state index in [4.69, 9.17) is 15.5 Å². The number of nitrogens with two attached hydrogens (primary N) is 1. The molecule has 0 saturated carbocycles. The van der Waals surface area contributed by atoms with Crippen LogP contribution in [0.1, 0.15) is 17.5 Å². The highest BCUT2D eigenvalue weighted by Crippen LogP contribution is 2.39. The molecule has 0 bridgehead atoms. The van der Waals surface area contributed by atoms with Crippen molar-refractivity contribution in [3.05, 3.63) is 53.9 Å². The number of anilines is 4. The number of methoxy groups -OCH3 is 1. The van der Waals surface area contributed by atoms with Crippen LogP contribution in [0.25, 0.3) is 22.2 Å². The summed E-state index contributed by atoms with van der Waals surface area (Å²) in [6, 6.07) is 10.6. The second kappa shape index (κ2) is 9.70. The van der Waals surface area contributed by atoms with Gasteiger partial charge in [0.2, 0.25) is 5.95 Å². The maximum Gasteiger partial charge on any atom is 0.227 e. The second-order valence-electron chi connectivity index (χ2n) is 9.84. The summed E-state index contributed by atoms with van der Waals surface area (Å²) in [5.74, 6) is 1.16. The summed E-state index contributed by atoms with van der Waals surface area (Å²) in [6.07, 6.45) is 6.19. The van der Waals surface area contributed by atoms with Crippen LogP contribution in [0.4, 0.5) is 23.0 Å². The zero-order valence-corrected chi connectivity index (χ0v) is 21.8. The molecular formula is C28H35N7O. The molecule has 2 aromatic carbocycles. The van der Waals surface area contributed by atoms with E-state index in [0.29, 0.717) is 17.4 Å². The Morgan fingerprint density at radius 3 is 2.78 bits per heavy atom. The molecule has 5 rings (SSSR count). The van der Waals surface area contributed by atoms with E-state index in [0.717, 1.165) is 60.7 Å². The predicted molar refractivity (Wildman–Crippen MR) is 149 cm³/mol. The highest BCUT2D eigenvalue weighted by molar-refractivity contribution is 5.98. The summed E-state index contributed by atoms with van der Waals surface area (Å²) in [5, 5.41) is 4.59. The van der Waals surface area contributed by atoms with Gasteiger partial charge in [0, 0.05) is 49.5 Å². The van der Waals surface area contributed by atoms with Gasteiger partial charge in [0.1, 0.15) is 5.69 Å². The molecule has 3 heterocycles. The standard InChI is InChI=1S/C28H35N7O/c1-18-14-24(34(4)13-12-33(2)3)22(29)15-23(18)31-28-30-16-25(36-5)26(32-28)21-17-35-11-7-9-19-8-6-10-20(21)27(19)35/h6,8,10,14-17H,7,9,11-13,29H2,1-5H3,(H,30,31,32). The van der Waals surface area contributed by atoms with E-state index in [9.17, 15) is 0 Å².